The third-order valence-electron chi connectivity index (χ3n) is 2.92. The van der Waals surface area contributed by atoms with Crippen LogP contribution in [0.4, 0.5) is 18.9 Å². The van der Waals surface area contributed by atoms with Gasteiger partial charge in [0, 0.05) is 15.2 Å². The third-order valence-corrected chi connectivity index (χ3v) is 3.85. The van der Waals surface area contributed by atoms with Crippen molar-refractivity contribution in [3.05, 3.63) is 57.0 Å². The van der Waals surface area contributed by atoms with Gasteiger partial charge in [-0.05, 0) is 52.3 Å². The lowest BCUT2D eigenvalue weighted by Gasteiger charge is -2.12. The van der Waals surface area contributed by atoms with Crippen molar-refractivity contribution in [1.82, 2.24) is 0 Å². The Morgan fingerprint density at radius 1 is 1.28 bits per heavy atom. The van der Waals surface area contributed by atoms with Crippen LogP contribution in [0.15, 0.2) is 40.9 Å². The van der Waals surface area contributed by atoms with Crippen LogP contribution < -0.4 is 10.1 Å². The lowest BCUT2D eigenvalue weighted by molar-refractivity contribution is -0.153. The number of carbonyl (C=O) groups excluding carboxylic acids is 1. The van der Waals surface area contributed by atoms with Gasteiger partial charge in [0.1, 0.15) is 11.8 Å². The minimum absolute atomic E-state index is 0.132. The Hall–Kier alpha value is -2.24. The van der Waals surface area contributed by atoms with Gasteiger partial charge < -0.3 is 10.1 Å². The molecule has 0 radical (unpaired) electrons. The number of benzene rings is 2. The second-order valence-corrected chi connectivity index (χ2v) is 6.10. The molecule has 0 heterocycles. The maximum atomic E-state index is 12.3. The Balaban J connectivity index is 2.19. The highest BCUT2D eigenvalue weighted by Crippen LogP contribution is 2.26. The van der Waals surface area contributed by atoms with E-state index in [0.717, 1.165) is 0 Å². The van der Waals surface area contributed by atoms with E-state index in [1.807, 2.05) is 0 Å². The highest BCUT2D eigenvalue weighted by atomic mass is 79.9. The minimum Gasteiger partial charge on any atom is -0.483 e. The van der Waals surface area contributed by atoms with E-state index >= 15 is 0 Å². The zero-order chi connectivity index (χ0) is 18.6. The number of nitriles is 1. The van der Waals surface area contributed by atoms with E-state index in [1.54, 1.807) is 18.2 Å². The standard InChI is InChI=1S/C16H9BrClF3N2O2/c17-13-3-1-10(18)6-12(13)15(24)23-11-2-4-14(9(5-11)7-22)25-8-16(19,20)21/h1-6H,8H2,(H,23,24). The fourth-order valence-corrected chi connectivity index (χ4v) is 2.45. The van der Waals surface area contributed by atoms with E-state index in [2.05, 4.69) is 26.0 Å². The smallest absolute Gasteiger partial charge is 0.422 e. The van der Waals surface area contributed by atoms with Crippen molar-refractivity contribution in [2.45, 2.75) is 6.18 Å². The summed E-state index contributed by atoms with van der Waals surface area (Å²) in [7, 11) is 0. The highest BCUT2D eigenvalue weighted by molar-refractivity contribution is 9.10. The van der Waals surface area contributed by atoms with Crippen molar-refractivity contribution in [3.63, 3.8) is 0 Å². The summed E-state index contributed by atoms with van der Waals surface area (Å²) in [6, 6.07) is 10.1. The number of hydrogen-bond donors (Lipinski definition) is 1. The van der Waals surface area contributed by atoms with E-state index < -0.39 is 18.7 Å². The largest absolute Gasteiger partial charge is 0.483 e. The quantitative estimate of drug-likeness (QED) is 0.724. The van der Waals surface area contributed by atoms with Gasteiger partial charge in [-0.1, -0.05) is 11.6 Å². The van der Waals surface area contributed by atoms with Crippen molar-refractivity contribution in [2.24, 2.45) is 0 Å². The van der Waals surface area contributed by atoms with Gasteiger partial charge in [0.25, 0.3) is 5.91 Å². The van der Waals surface area contributed by atoms with Crippen LogP contribution in [0, 0.1) is 11.3 Å². The maximum Gasteiger partial charge on any atom is 0.422 e. The zero-order valence-electron chi connectivity index (χ0n) is 12.3. The van der Waals surface area contributed by atoms with Crippen molar-refractivity contribution in [3.8, 4) is 11.8 Å². The molecule has 0 saturated carbocycles. The summed E-state index contributed by atoms with van der Waals surface area (Å²) < 4.78 is 41.7. The number of anilines is 1. The molecule has 0 atom stereocenters. The van der Waals surface area contributed by atoms with Crippen LogP contribution in [0.3, 0.4) is 0 Å². The average Bonchev–Trinajstić information content (AvgIpc) is 2.54. The van der Waals surface area contributed by atoms with Crippen molar-refractivity contribution in [2.75, 3.05) is 11.9 Å². The molecule has 0 saturated heterocycles. The summed E-state index contributed by atoms with van der Waals surface area (Å²) >= 11 is 9.08. The second kappa shape index (κ2) is 7.76. The number of carbonyl (C=O) groups is 1. The van der Waals surface area contributed by atoms with Gasteiger partial charge in [0.05, 0.1) is 11.1 Å². The van der Waals surface area contributed by atoms with Gasteiger partial charge in [-0.3, -0.25) is 4.79 Å². The van der Waals surface area contributed by atoms with E-state index in [4.69, 9.17) is 16.9 Å². The lowest BCUT2D eigenvalue weighted by atomic mass is 10.1. The van der Waals surface area contributed by atoms with Crippen LogP contribution in [-0.2, 0) is 0 Å². The molecule has 0 fully saturated rings. The number of amides is 1. The molecule has 130 valence electrons. The Morgan fingerprint density at radius 2 is 2.00 bits per heavy atom. The predicted octanol–water partition coefficient (Wildman–Crippen LogP) is 5.17. The first-order chi connectivity index (χ1) is 11.7. The highest BCUT2D eigenvalue weighted by Gasteiger charge is 2.28. The minimum atomic E-state index is -4.52. The number of nitrogens with zero attached hydrogens (tertiary/aromatic N) is 1. The van der Waals surface area contributed by atoms with Gasteiger partial charge in [-0.15, -0.1) is 0 Å². The molecular formula is C16H9BrClF3N2O2. The first-order valence-corrected chi connectivity index (χ1v) is 7.87. The van der Waals surface area contributed by atoms with Crippen LogP contribution in [0.1, 0.15) is 15.9 Å². The van der Waals surface area contributed by atoms with Crippen LogP contribution in [-0.4, -0.2) is 18.7 Å². The predicted molar refractivity (Wildman–Crippen MR) is 89.8 cm³/mol. The summed E-state index contributed by atoms with van der Waals surface area (Å²) in [5, 5.41) is 12.0. The molecule has 9 heteroatoms. The topological polar surface area (TPSA) is 62.1 Å². The molecule has 4 nitrogen and oxygen atoms in total. The number of rotatable bonds is 4. The van der Waals surface area contributed by atoms with Crippen molar-refractivity contribution >= 4 is 39.1 Å². The number of nitrogens with one attached hydrogen (secondary N) is 1. The van der Waals surface area contributed by atoms with Crippen LogP contribution >= 0.6 is 27.5 Å². The molecule has 2 aromatic rings. The van der Waals surface area contributed by atoms with Crippen molar-refractivity contribution < 1.29 is 22.7 Å². The van der Waals surface area contributed by atoms with Gasteiger partial charge in [-0.2, -0.15) is 18.4 Å². The lowest BCUT2D eigenvalue weighted by Crippen LogP contribution is -2.19. The summed E-state index contributed by atoms with van der Waals surface area (Å²) in [6.45, 7) is -1.51. The van der Waals surface area contributed by atoms with Crippen molar-refractivity contribution in [1.29, 1.82) is 5.26 Å². The molecule has 0 aliphatic rings. The summed E-state index contributed by atoms with van der Waals surface area (Å²) in [5.41, 5.74) is 0.364. The molecule has 0 bridgehead atoms. The molecular weight excluding hydrogens is 425 g/mol. The zero-order valence-corrected chi connectivity index (χ0v) is 14.7. The molecule has 2 rings (SSSR count). The normalized spacial score (nSPS) is 10.9. The first kappa shape index (κ1) is 19.1. The molecule has 0 aliphatic carbocycles. The molecule has 1 N–H and O–H groups in total. The summed E-state index contributed by atoms with van der Waals surface area (Å²) in [6.07, 6.45) is -4.52. The Labute approximate surface area is 154 Å². The summed E-state index contributed by atoms with van der Waals surface area (Å²) in [4.78, 5) is 12.3. The van der Waals surface area contributed by atoms with Crippen LogP contribution in [0.5, 0.6) is 5.75 Å². The van der Waals surface area contributed by atoms with Crippen LogP contribution in [0.2, 0.25) is 5.02 Å². The molecule has 0 aromatic heterocycles. The van der Waals surface area contributed by atoms with E-state index in [0.29, 0.717) is 9.50 Å². The summed E-state index contributed by atoms with van der Waals surface area (Å²) in [5.74, 6) is -0.719. The Bertz CT molecular complexity index is 850. The molecule has 2 aromatic carbocycles. The van der Waals surface area contributed by atoms with Gasteiger partial charge in [0.15, 0.2) is 6.61 Å². The van der Waals surface area contributed by atoms with E-state index in [1.165, 1.54) is 24.3 Å². The fourth-order valence-electron chi connectivity index (χ4n) is 1.85. The molecule has 0 spiro atoms. The van der Waals surface area contributed by atoms with Gasteiger partial charge in [0.2, 0.25) is 0 Å². The number of alkyl halides is 3. The number of ether oxygens (including phenoxy) is 1. The molecule has 1 amide bonds. The number of hydrogen-bond acceptors (Lipinski definition) is 3. The Morgan fingerprint density at radius 3 is 2.64 bits per heavy atom. The first-order valence-electron chi connectivity index (χ1n) is 6.70. The molecule has 25 heavy (non-hydrogen) atoms. The Kier molecular flexibility index (Phi) is 5.93. The molecule has 0 unspecified atom stereocenters. The number of halogens is 5. The second-order valence-electron chi connectivity index (χ2n) is 4.80. The van der Waals surface area contributed by atoms with E-state index in [9.17, 15) is 18.0 Å². The monoisotopic (exact) mass is 432 g/mol. The van der Waals surface area contributed by atoms with E-state index in [-0.39, 0.29) is 22.6 Å². The van der Waals surface area contributed by atoms with Crippen LogP contribution in [0.25, 0.3) is 0 Å². The van der Waals surface area contributed by atoms with Gasteiger partial charge >= 0.3 is 6.18 Å². The fraction of sp³-hybridized carbons (Fsp3) is 0.125. The third kappa shape index (κ3) is 5.37. The SMILES string of the molecule is N#Cc1cc(NC(=O)c2cc(Cl)ccc2Br)ccc1OCC(F)(F)F. The maximum absolute atomic E-state index is 12.3. The molecule has 0 aliphatic heterocycles. The van der Waals surface area contributed by atoms with Gasteiger partial charge in [-0.25, -0.2) is 0 Å². The average molecular weight is 434 g/mol.